The molecule has 1 unspecified atom stereocenters. The molecule has 1 N–H and O–H groups in total. The van der Waals surface area contributed by atoms with Gasteiger partial charge in [0.25, 0.3) is 5.91 Å². The summed E-state index contributed by atoms with van der Waals surface area (Å²) in [6, 6.07) is 12.0. The molecule has 1 amide bonds. The molecule has 3 nitrogen and oxygen atoms in total. The van der Waals surface area contributed by atoms with Gasteiger partial charge in [0, 0.05) is 10.6 Å². The summed E-state index contributed by atoms with van der Waals surface area (Å²) in [6.07, 6.45) is 0.995. The number of nitrogens with one attached hydrogen (secondary N) is 1. The first kappa shape index (κ1) is 16.7. The topological polar surface area (TPSA) is 38.3 Å². The number of benzene rings is 2. The molecule has 0 aliphatic carbocycles. The Morgan fingerprint density at radius 2 is 2.00 bits per heavy atom. The van der Waals surface area contributed by atoms with Crippen molar-refractivity contribution in [2.24, 2.45) is 0 Å². The number of rotatable bonds is 5. The Kier molecular flexibility index (Phi) is 5.69. The number of amides is 1. The number of hydrogen-bond acceptors (Lipinski definition) is 2. The second-order valence-electron chi connectivity index (χ2n) is 4.94. The zero-order valence-electron chi connectivity index (χ0n) is 12.4. The summed E-state index contributed by atoms with van der Waals surface area (Å²) >= 11 is 12.0. The van der Waals surface area contributed by atoms with E-state index in [9.17, 15) is 4.79 Å². The third-order valence-corrected chi connectivity index (χ3v) is 3.75. The zero-order valence-corrected chi connectivity index (χ0v) is 13.9. The molecule has 0 fully saturated rings. The van der Waals surface area contributed by atoms with Crippen LogP contribution in [0.2, 0.25) is 10.0 Å². The lowest BCUT2D eigenvalue weighted by atomic mass is 10.2. The molecule has 5 heteroatoms. The molecule has 1 atom stereocenters. The van der Waals surface area contributed by atoms with Crippen LogP contribution < -0.4 is 10.1 Å². The van der Waals surface area contributed by atoms with Gasteiger partial charge in [-0.25, -0.2) is 0 Å². The van der Waals surface area contributed by atoms with E-state index in [4.69, 9.17) is 27.9 Å². The summed E-state index contributed by atoms with van der Waals surface area (Å²) in [7, 11) is 0. The van der Waals surface area contributed by atoms with Crippen LogP contribution in [0.3, 0.4) is 0 Å². The molecule has 2 aromatic carbocycles. The highest BCUT2D eigenvalue weighted by Crippen LogP contribution is 2.26. The highest BCUT2D eigenvalue weighted by molar-refractivity contribution is 6.35. The molecular weight excluding hydrogens is 321 g/mol. The maximum Gasteiger partial charge on any atom is 0.255 e. The van der Waals surface area contributed by atoms with Gasteiger partial charge in [0.15, 0.2) is 0 Å². The van der Waals surface area contributed by atoms with Gasteiger partial charge in [-0.15, -0.1) is 0 Å². The fourth-order valence-corrected chi connectivity index (χ4v) is 2.15. The van der Waals surface area contributed by atoms with E-state index in [0.29, 0.717) is 27.0 Å². The molecule has 0 aliphatic heterocycles. The summed E-state index contributed by atoms with van der Waals surface area (Å²) in [5, 5.41) is 3.69. The quantitative estimate of drug-likeness (QED) is 0.790. The fourth-order valence-electron chi connectivity index (χ4n) is 1.81. The molecule has 2 rings (SSSR count). The van der Waals surface area contributed by atoms with Crippen molar-refractivity contribution in [2.45, 2.75) is 26.4 Å². The van der Waals surface area contributed by atoms with E-state index in [-0.39, 0.29) is 12.0 Å². The summed E-state index contributed by atoms with van der Waals surface area (Å²) in [5.74, 6) is 0.401. The molecule has 0 radical (unpaired) electrons. The minimum absolute atomic E-state index is 0.0979. The van der Waals surface area contributed by atoms with E-state index >= 15 is 0 Å². The number of carbonyl (C=O) groups is 1. The first-order valence-corrected chi connectivity index (χ1v) is 7.78. The summed E-state index contributed by atoms with van der Waals surface area (Å²) in [4.78, 5) is 12.3. The van der Waals surface area contributed by atoms with Gasteiger partial charge in [-0.3, -0.25) is 4.79 Å². The second-order valence-corrected chi connectivity index (χ2v) is 5.79. The average Bonchev–Trinajstić information content (AvgIpc) is 2.51. The molecule has 0 saturated carbocycles. The van der Waals surface area contributed by atoms with E-state index in [1.54, 1.807) is 36.4 Å². The number of anilines is 1. The van der Waals surface area contributed by atoms with Gasteiger partial charge in [-0.2, -0.15) is 0 Å². The second kappa shape index (κ2) is 7.52. The minimum Gasteiger partial charge on any atom is -0.491 e. The van der Waals surface area contributed by atoms with Gasteiger partial charge in [-0.1, -0.05) is 36.2 Å². The van der Waals surface area contributed by atoms with Crippen molar-refractivity contribution in [1.29, 1.82) is 0 Å². The predicted molar refractivity (Wildman–Crippen MR) is 91.2 cm³/mol. The van der Waals surface area contributed by atoms with E-state index in [2.05, 4.69) is 5.32 Å². The van der Waals surface area contributed by atoms with Crippen molar-refractivity contribution in [3.8, 4) is 5.75 Å². The summed E-state index contributed by atoms with van der Waals surface area (Å²) in [6.45, 7) is 4.03. The highest BCUT2D eigenvalue weighted by atomic mass is 35.5. The normalized spacial score (nSPS) is 11.8. The Bertz CT molecular complexity index is 673. The van der Waals surface area contributed by atoms with Crippen molar-refractivity contribution in [2.75, 3.05) is 5.32 Å². The van der Waals surface area contributed by atoms with Crippen molar-refractivity contribution >= 4 is 34.8 Å². The Balaban J connectivity index is 2.15. The van der Waals surface area contributed by atoms with Gasteiger partial charge in [0.1, 0.15) is 5.75 Å². The Hall–Kier alpha value is -1.71. The van der Waals surface area contributed by atoms with Crippen molar-refractivity contribution in [3.05, 3.63) is 58.1 Å². The predicted octanol–water partition coefficient (Wildman–Crippen LogP) is 5.42. The molecule has 0 aliphatic rings. The van der Waals surface area contributed by atoms with E-state index in [1.165, 1.54) is 0 Å². The lowest BCUT2D eigenvalue weighted by Crippen LogP contribution is -2.13. The van der Waals surface area contributed by atoms with Crippen LogP contribution in [0.25, 0.3) is 0 Å². The SMILES string of the molecule is CCC(C)Oc1cccc(C(=O)Nc2cc(Cl)ccc2Cl)c1. The van der Waals surface area contributed by atoms with Crippen LogP contribution in [0.1, 0.15) is 30.6 Å². The van der Waals surface area contributed by atoms with Crippen LogP contribution in [0, 0.1) is 0 Å². The molecular formula is C17H17Cl2NO2. The lowest BCUT2D eigenvalue weighted by Gasteiger charge is -2.13. The summed E-state index contributed by atoms with van der Waals surface area (Å²) in [5.41, 5.74) is 0.976. The molecule has 0 bridgehead atoms. The molecule has 22 heavy (non-hydrogen) atoms. The molecule has 116 valence electrons. The first-order valence-electron chi connectivity index (χ1n) is 7.02. The van der Waals surface area contributed by atoms with Gasteiger partial charge in [0.05, 0.1) is 16.8 Å². The van der Waals surface area contributed by atoms with Crippen LogP contribution in [0.4, 0.5) is 5.69 Å². The maximum atomic E-state index is 12.3. The highest BCUT2D eigenvalue weighted by Gasteiger charge is 2.11. The van der Waals surface area contributed by atoms with Gasteiger partial charge < -0.3 is 10.1 Å². The number of carbonyl (C=O) groups excluding carboxylic acids is 1. The average molecular weight is 338 g/mol. The largest absolute Gasteiger partial charge is 0.491 e. The smallest absolute Gasteiger partial charge is 0.255 e. The van der Waals surface area contributed by atoms with Gasteiger partial charge >= 0.3 is 0 Å². The zero-order chi connectivity index (χ0) is 16.1. The maximum absolute atomic E-state index is 12.3. The van der Waals surface area contributed by atoms with E-state index < -0.39 is 0 Å². The number of halogens is 2. The van der Waals surface area contributed by atoms with Gasteiger partial charge in [-0.05, 0) is 49.7 Å². The molecule has 0 spiro atoms. The molecule has 0 aromatic heterocycles. The number of hydrogen-bond donors (Lipinski definition) is 1. The third kappa shape index (κ3) is 4.39. The van der Waals surface area contributed by atoms with Crippen molar-refractivity contribution in [1.82, 2.24) is 0 Å². The minimum atomic E-state index is -0.265. The standard InChI is InChI=1S/C17H17Cl2NO2/c1-3-11(2)22-14-6-4-5-12(9-14)17(21)20-16-10-13(18)7-8-15(16)19/h4-11H,3H2,1-2H3,(H,20,21). The third-order valence-electron chi connectivity index (χ3n) is 3.19. The van der Waals surface area contributed by atoms with Crippen LogP contribution in [-0.4, -0.2) is 12.0 Å². The van der Waals surface area contributed by atoms with Crippen molar-refractivity contribution in [3.63, 3.8) is 0 Å². The summed E-state index contributed by atoms with van der Waals surface area (Å²) < 4.78 is 5.72. The molecule has 2 aromatic rings. The van der Waals surface area contributed by atoms with Crippen molar-refractivity contribution < 1.29 is 9.53 Å². The number of ether oxygens (including phenoxy) is 1. The van der Waals surface area contributed by atoms with Gasteiger partial charge in [0.2, 0.25) is 0 Å². The van der Waals surface area contributed by atoms with E-state index in [0.717, 1.165) is 6.42 Å². The van der Waals surface area contributed by atoms with E-state index in [1.807, 2.05) is 19.9 Å². The lowest BCUT2D eigenvalue weighted by molar-refractivity contribution is 0.102. The molecule has 0 heterocycles. The first-order chi connectivity index (χ1) is 10.5. The Morgan fingerprint density at radius 1 is 1.23 bits per heavy atom. The molecule has 0 saturated heterocycles. The monoisotopic (exact) mass is 337 g/mol. The van der Waals surface area contributed by atoms with Crippen LogP contribution in [0.5, 0.6) is 5.75 Å². The Morgan fingerprint density at radius 3 is 2.73 bits per heavy atom. The van der Waals surface area contributed by atoms with Crippen LogP contribution >= 0.6 is 23.2 Å². The Labute approximate surface area is 140 Å². The van der Waals surface area contributed by atoms with Crippen LogP contribution in [-0.2, 0) is 0 Å². The van der Waals surface area contributed by atoms with Crippen LogP contribution in [0.15, 0.2) is 42.5 Å². The fraction of sp³-hybridized carbons (Fsp3) is 0.235.